The van der Waals surface area contributed by atoms with Crippen molar-refractivity contribution in [3.05, 3.63) is 28.3 Å². The van der Waals surface area contributed by atoms with E-state index in [4.69, 9.17) is 11.6 Å². The van der Waals surface area contributed by atoms with E-state index < -0.39 is 4.75 Å². The van der Waals surface area contributed by atoms with Crippen LogP contribution in [0, 0.1) is 11.3 Å². The number of nitrogens with one attached hydrogen (secondary N) is 1. The minimum absolute atomic E-state index is 0. The van der Waals surface area contributed by atoms with Gasteiger partial charge in [0, 0.05) is 4.90 Å². The van der Waals surface area contributed by atoms with Gasteiger partial charge in [-0.1, -0.05) is 17.7 Å². The maximum atomic E-state index is 9.18. The zero-order chi connectivity index (χ0) is 13.2. The fourth-order valence-corrected chi connectivity index (χ4v) is 3.47. The van der Waals surface area contributed by atoms with Gasteiger partial charge >= 0.3 is 0 Å². The third-order valence-corrected chi connectivity index (χ3v) is 4.76. The second-order valence-electron chi connectivity index (χ2n) is 4.99. The predicted molar refractivity (Wildman–Crippen MR) is 84.5 cm³/mol. The van der Waals surface area contributed by atoms with E-state index in [0.717, 1.165) is 35.8 Å². The first kappa shape index (κ1) is 16.7. The van der Waals surface area contributed by atoms with E-state index in [2.05, 4.69) is 17.5 Å². The summed E-state index contributed by atoms with van der Waals surface area (Å²) < 4.78 is -0.446. The van der Waals surface area contributed by atoms with Gasteiger partial charge in [0.15, 0.2) is 0 Å². The minimum Gasteiger partial charge on any atom is -0.316 e. The summed E-state index contributed by atoms with van der Waals surface area (Å²) in [6.07, 6.45) is 2.02. The van der Waals surface area contributed by atoms with Crippen LogP contribution in [0.1, 0.15) is 25.0 Å². The van der Waals surface area contributed by atoms with Gasteiger partial charge in [-0.15, -0.1) is 24.2 Å². The lowest BCUT2D eigenvalue weighted by molar-refractivity contribution is 0.709. The molecule has 0 radical (unpaired) electrons. The van der Waals surface area contributed by atoms with Gasteiger partial charge in [0.2, 0.25) is 0 Å². The van der Waals surface area contributed by atoms with Gasteiger partial charge in [0.05, 0.1) is 11.1 Å². The summed E-state index contributed by atoms with van der Waals surface area (Å²) in [4.78, 5) is 1.09. The number of benzene rings is 1. The van der Waals surface area contributed by atoms with Crippen LogP contribution in [0.5, 0.6) is 0 Å². The summed E-state index contributed by atoms with van der Waals surface area (Å²) in [5, 5.41) is 13.3. The number of hydrogen-bond acceptors (Lipinski definition) is 3. The third kappa shape index (κ3) is 4.03. The third-order valence-electron chi connectivity index (χ3n) is 3.06. The van der Waals surface area contributed by atoms with Crippen molar-refractivity contribution in [1.82, 2.24) is 5.32 Å². The minimum atomic E-state index is -0.446. The van der Waals surface area contributed by atoms with E-state index in [0.29, 0.717) is 0 Å². The lowest BCUT2D eigenvalue weighted by atomic mass is 10.0. The maximum Gasteiger partial charge on any atom is 0.101 e. The average molecular weight is 317 g/mol. The van der Waals surface area contributed by atoms with E-state index in [-0.39, 0.29) is 12.4 Å². The highest BCUT2D eigenvalue weighted by molar-refractivity contribution is 8.01. The molecule has 0 saturated heterocycles. The molecule has 0 bridgehead atoms. The van der Waals surface area contributed by atoms with Crippen LogP contribution < -0.4 is 5.32 Å². The van der Waals surface area contributed by atoms with Crippen LogP contribution in [0.15, 0.2) is 17.0 Å². The Morgan fingerprint density at radius 2 is 2.00 bits per heavy atom. The van der Waals surface area contributed by atoms with Crippen LogP contribution in [-0.4, -0.2) is 17.8 Å². The molecule has 0 spiro atoms. The monoisotopic (exact) mass is 316 g/mol. The molecular formula is C14H18Cl2N2S. The lowest BCUT2D eigenvalue weighted by Crippen LogP contribution is -2.16. The quantitative estimate of drug-likeness (QED) is 0.842. The summed E-state index contributed by atoms with van der Waals surface area (Å²) in [5.74, 6) is 0. The van der Waals surface area contributed by atoms with Crippen LogP contribution in [0.4, 0.5) is 0 Å². The molecule has 0 fully saturated rings. The Labute approximate surface area is 130 Å². The molecule has 1 heterocycles. The number of thioether (sulfide) groups is 1. The highest BCUT2D eigenvalue weighted by atomic mass is 35.5. The first-order chi connectivity index (χ1) is 8.53. The van der Waals surface area contributed by atoms with Gasteiger partial charge in [0.1, 0.15) is 4.75 Å². The number of nitriles is 1. The summed E-state index contributed by atoms with van der Waals surface area (Å²) in [6.45, 7) is 5.86. The van der Waals surface area contributed by atoms with Crippen LogP contribution in [0.3, 0.4) is 0 Å². The molecule has 5 heteroatoms. The molecule has 1 N–H and O–H groups in total. The first-order valence-electron chi connectivity index (χ1n) is 6.15. The van der Waals surface area contributed by atoms with Gasteiger partial charge in [-0.05, 0) is 57.0 Å². The standard InChI is InChI=1S/C14H17ClN2S.ClH/c1-14(2,9-16)18-13-11-6-8-17-7-5-10(11)3-4-12(13)15;/h3-4,17H,5-8H2,1-2H3;1H. The van der Waals surface area contributed by atoms with Crippen molar-refractivity contribution in [1.29, 1.82) is 5.26 Å². The van der Waals surface area contributed by atoms with Gasteiger partial charge in [-0.2, -0.15) is 5.26 Å². The zero-order valence-corrected chi connectivity index (χ0v) is 13.5. The number of fused-ring (bicyclic) bond motifs is 1. The van der Waals surface area contributed by atoms with Gasteiger partial charge < -0.3 is 5.32 Å². The molecule has 19 heavy (non-hydrogen) atoms. The Morgan fingerprint density at radius 3 is 2.68 bits per heavy atom. The molecule has 0 amide bonds. The topological polar surface area (TPSA) is 35.8 Å². The molecule has 104 valence electrons. The molecular weight excluding hydrogens is 299 g/mol. The molecule has 0 atom stereocenters. The van der Waals surface area contributed by atoms with Crippen LogP contribution in [0.25, 0.3) is 0 Å². The van der Waals surface area contributed by atoms with Gasteiger partial charge in [-0.3, -0.25) is 0 Å². The highest BCUT2D eigenvalue weighted by Crippen LogP contribution is 2.40. The van der Waals surface area contributed by atoms with E-state index in [1.165, 1.54) is 11.1 Å². The highest BCUT2D eigenvalue weighted by Gasteiger charge is 2.23. The van der Waals surface area contributed by atoms with Crippen molar-refractivity contribution in [3.63, 3.8) is 0 Å². The summed E-state index contributed by atoms with van der Waals surface area (Å²) in [6, 6.07) is 6.41. The van der Waals surface area contributed by atoms with Crippen molar-refractivity contribution >= 4 is 35.8 Å². The fourth-order valence-electron chi connectivity index (χ4n) is 2.10. The number of halogens is 2. The largest absolute Gasteiger partial charge is 0.316 e. The van der Waals surface area contributed by atoms with Gasteiger partial charge in [-0.25, -0.2) is 0 Å². The Bertz CT molecular complexity index is 495. The number of rotatable bonds is 2. The smallest absolute Gasteiger partial charge is 0.101 e. The molecule has 0 saturated carbocycles. The average Bonchev–Trinajstić information content (AvgIpc) is 2.58. The second kappa shape index (κ2) is 6.85. The summed E-state index contributed by atoms with van der Waals surface area (Å²) in [5.41, 5.74) is 2.68. The predicted octanol–water partition coefficient (Wildman–Crippen LogP) is 3.84. The Balaban J connectivity index is 0.00000180. The van der Waals surface area contributed by atoms with Crippen molar-refractivity contribution in [2.24, 2.45) is 0 Å². The van der Waals surface area contributed by atoms with Gasteiger partial charge in [0.25, 0.3) is 0 Å². The molecule has 2 nitrogen and oxygen atoms in total. The van der Waals surface area contributed by atoms with E-state index in [9.17, 15) is 5.26 Å². The maximum absolute atomic E-state index is 9.18. The van der Waals surface area contributed by atoms with Crippen LogP contribution >= 0.6 is 35.8 Å². The van der Waals surface area contributed by atoms with Crippen LogP contribution in [0.2, 0.25) is 5.02 Å². The number of nitrogens with zero attached hydrogens (tertiary/aromatic N) is 1. The first-order valence-corrected chi connectivity index (χ1v) is 7.34. The molecule has 2 rings (SSSR count). The molecule has 1 aromatic carbocycles. The fraction of sp³-hybridized carbons (Fsp3) is 0.500. The molecule has 1 aliphatic rings. The number of hydrogen-bond donors (Lipinski definition) is 1. The van der Waals surface area contributed by atoms with Crippen molar-refractivity contribution in [2.75, 3.05) is 13.1 Å². The zero-order valence-electron chi connectivity index (χ0n) is 11.1. The Kier molecular flexibility index (Phi) is 6.01. The molecule has 0 unspecified atom stereocenters. The molecule has 0 aromatic heterocycles. The van der Waals surface area contributed by atoms with Crippen molar-refractivity contribution in [3.8, 4) is 6.07 Å². The second-order valence-corrected chi connectivity index (χ2v) is 7.03. The lowest BCUT2D eigenvalue weighted by Gasteiger charge is -2.20. The summed E-state index contributed by atoms with van der Waals surface area (Å²) >= 11 is 7.90. The van der Waals surface area contributed by atoms with E-state index in [1.807, 2.05) is 19.9 Å². The Hall–Kier alpha value is -0.400. The summed E-state index contributed by atoms with van der Waals surface area (Å²) in [7, 11) is 0. The van der Waals surface area contributed by atoms with E-state index >= 15 is 0 Å². The van der Waals surface area contributed by atoms with E-state index in [1.54, 1.807) is 11.8 Å². The van der Waals surface area contributed by atoms with Crippen LogP contribution in [-0.2, 0) is 12.8 Å². The normalized spacial score (nSPS) is 14.8. The molecule has 1 aliphatic heterocycles. The Morgan fingerprint density at radius 1 is 1.32 bits per heavy atom. The molecule has 1 aromatic rings. The molecule has 0 aliphatic carbocycles. The SMILES string of the molecule is CC(C)(C#N)Sc1c(Cl)ccc2c1CCNCC2.Cl. The van der Waals surface area contributed by atoms with Crippen molar-refractivity contribution in [2.45, 2.75) is 36.3 Å². The van der Waals surface area contributed by atoms with Crippen molar-refractivity contribution < 1.29 is 0 Å².